The zero-order chi connectivity index (χ0) is 14.0. The van der Waals surface area contributed by atoms with Crippen LogP contribution in [0.2, 0.25) is 0 Å². The Labute approximate surface area is 120 Å². The first-order valence-corrected chi connectivity index (χ1v) is 8.24. The molecule has 0 aromatic rings. The van der Waals surface area contributed by atoms with Gasteiger partial charge in [-0.25, -0.2) is 0 Å². The summed E-state index contributed by atoms with van der Waals surface area (Å²) in [5.74, 6) is 0. The van der Waals surface area contributed by atoms with Gasteiger partial charge in [-0.15, -0.1) is 0 Å². The van der Waals surface area contributed by atoms with Gasteiger partial charge in [0.2, 0.25) is 0 Å². The van der Waals surface area contributed by atoms with Crippen LogP contribution in [0.15, 0.2) is 0 Å². The standard InChI is InChI=1S/C15H36N4/c1-2-17-14-9-15-19-12-7-5-3-4-6-11-18-13-8-10-16/h17-19H,2-16H2,1H3. The van der Waals surface area contributed by atoms with Crippen LogP contribution in [-0.4, -0.2) is 45.8 Å². The first kappa shape index (κ1) is 18.8. The molecule has 0 saturated heterocycles. The zero-order valence-electron chi connectivity index (χ0n) is 13.0. The molecule has 0 unspecified atom stereocenters. The third kappa shape index (κ3) is 17.8. The Kier molecular flexibility index (Phi) is 17.7. The summed E-state index contributed by atoms with van der Waals surface area (Å²) >= 11 is 0. The van der Waals surface area contributed by atoms with E-state index in [9.17, 15) is 0 Å². The quantitative estimate of drug-likeness (QED) is 0.321. The molecule has 0 bridgehead atoms. The minimum absolute atomic E-state index is 0.800. The third-order valence-corrected chi connectivity index (χ3v) is 3.22. The first-order chi connectivity index (χ1) is 9.41. The topological polar surface area (TPSA) is 62.1 Å². The highest BCUT2D eigenvalue weighted by Crippen LogP contribution is 2.01. The minimum Gasteiger partial charge on any atom is -0.330 e. The van der Waals surface area contributed by atoms with Crippen molar-refractivity contribution in [3.8, 4) is 0 Å². The SMILES string of the molecule is CCNCCCNCCCCCCCNCCCN. The molecule has 0 spiro atoms. The zero-order valence-corrected chi connectivity index (χ0v) is 13.0. The highest BCUT2D eigenvalue weighted by atomic mass is 14.9. The van der Waals surface area contributed by atoms with Crippen LogP contribution in [0.25, 0.3) is 0 Å². The molecule has 5 N–H and O–H groups in total. The van der Waals surface area contributed by atoms with Crippen LogP contribution < -0.4 is 21.7 Å². The predicted octanol–water partition coefficient (Wildman–Crippen LogP) is 1.46. The molecular formula is C15H36N4. The lowest BCUT2D eigenvalue weighted by Gasteiger charge is -2.06. The van der Waals surface area contributed by atoms with E-state index in [-0.39, 0.29) is 0 Å². The highest BCUT2D eigenvalue weighted by Gasteiger charge is 1.92. The summed E-state index contributed by atoms with van der Waals surface area (Å²) in [6.07, 6.45) is 9.06. The van der Waals surface area contributed by atoms with Gasteiger partial charge >= 0.3 is 0 Å². The number of nitrogens with two attached hydrogens (primary N) is 1. The molecule has 0 rings (SSSR count). The van der Waals surface area contributed by atoms with Gasteiger partial charge in [0.25, 0.3) is 0 Å². The van der Waals surface area contributed by atoms with Gasteiger partial charge in [-0.2, -0.15) is 0 Å². The molecule has 0 aliphatic heterocycles. The normalized spacial score (nSPS) is 11.1. The van der Waals surface area contributed by atoms with Crippen LogP contribution in [0.4, 0.5) is 0 Å². The average molecular weight is 272 g/mol. The molecule has 0 aliphatic carbocycles. The molecule has 116 valence electrons. The monoisotopic (exact) mass is 272 g/mol. The summed E-state index contributed by atoms with van der Waals surface area (Å²) in [7, 11) is 0. The summed E-state index contributed by atoms with van der Waals surface area (Å²) in [5, 5.41) is 10.3. The summed E-state index contributed by atoms with van der Waals surface area (Å²) in [6.45, 7) is 9.74. The second-order valence-corrected chi connectivity index (χ2v) is 5.12. The molecule has 0 amide bonds. The lowest BCUT2D eigenvalue weighted by Crippen LogP contribution is -2.22. The van der Waals surface area contributed by atoms with Crippen LogP contribution in [-0.2, 0) is 0 Å². The molecule has 19 heavy (non-hydrogen) atoms. The Morgan fingerprint density at radius 3 is 1.63 bits per heavy atom. The van der Waals surface area contributed by atoms with Gasteiger partial charge in [-0.1, -0.05) is 26.2 Å². The number of nitrogens with one attached hydrogen (secondary N) is 3. The summed E-state index contributed by atoms with van der Waals surface area (Å²) in [5.41, 5.74) is 5.43. The van der Waals surface area contributed by atoms with Gasteiger partial charge in [0.05, 0.1) is 0 Å². The van der Waals surface area contributed by atoms with E-state index in [1.54, 1.807) is 0 Å². The number of hydrogen-bond acceptors (Lipinski definition) is 4. The van der Waals surface area contributed by atoms with Gasteiger partial charge in [0.1, 0.15) is 0 Å². The lowest BCUT2D eigenvalue weighted by molar-refractivity contribution is 0.544. The van der Waals surface area contributed by atoms with E-state index in [1.807, 2.05) is 0 Å². The number of hydrogen-bond donors (Lipinski definition) is 4. The Hall–Kier alpha value is -0.160. The summed E-state index contributed by atoms with van der Waals surface area (Å²) < 4.78 is 0. The molecule has 0 radical (unpaired) electrons. The van der Waals surface area contributed by atoms with E-state index in [2.05, 4.69) is 22.9 Å². The molecular weight excluding hydrogens is 236 g/mol. The molecule has 0 fully saturated rings. The van der Waals surface area contributed by atoms with Crippen molar-refractivity contribution in [1.82, 2.24) is 16.0 Å². The van der Waals surface area contributed by atoms with Crippen LogP contribution >= 0.6 is 0 Å². The van der Waals surface area contributed by atoms with Crippen molar-refractivity contribution in [2.24, 2.45) is 5.73 Å². The van der Waals surface area contributed by atoms with Gasteiger partial charge in [0.15, 0.2) is 0 Å². The maximum Gasteiger partial charge on any atom is -0.00368 e. The number of rotatable bonds is 16. The van der Waals surface area contributed by atoms with Gasteiger partial charge in [-0.05, 0) is 71.5 Å². The third-order valence-electron chi connectivity index (χ3n) is 3.22. The molecule has 0 heterocycles. The summed E-state index contributed by atoms with van der Waals surface area (Å²) in [6, 6.07) is 0. The van der Waals surface area contributed by atoms with E-state index in [0.29, 0.717) is 0 Å². The first-order valence-electron chi connectivity index (χ1n) is 8.24. The van der Waals surface area contributed by atoms with E-state index in [0.717, 1.165) is 45.7 Å². The van der Waals surface area contributed by atoms with Gasteiger partial charge in [-0.3, -0.25) is 0 Å². The molecule has 0 aromatic heterocycles. The maximum atomic E-state index is 5.43. The fourth-order valence-corrected chi connectivity index (χ4v) is 2.02. The molecule has 0 aliphatic rings. The Morgan fingerprint density at radius 1 is 0.579 bits per heavy atom. The summed E-state index contributed by atoms with van der Waals surface area (Å²) in [4.78, 5) is 0. The average Bonchev–Trinajstić information content (AvgIpc) is 2.43. The molecule has 4 heteroatoms. The maximum absolute atomic E-state index is 5.43. The van der Waals surface area contributed by atoms with E-state index in [4.69, 9.17) is 5.73 Å². The van der Waals surface area contributed by atoms with Crippen molar-refractivity contribution in [3.63, 3.8) is 0 Å². The largest absolute Gasteiger partial charge is 0.330 e. The van der Waals surface area contributed by atoms with Gasteiger partial charge < -0.3 is 21.7 Å². The fourth-order valence-electron chi connectivity index (χ4n) is 2.02. The van der Waals surface area contributed by atoms with E-state index >= 15 is 0 Å². The van der Waals surface area contributed by atoms with Crippen LogP contribution in [0.5, 0.6) is 0 Å². The molecule has 0 atom stereocenters. The molecule has 0 saturated carbocycles. The van der Waals surface area contributed by atoms with Crippen molar-refractivity contribution in [2.45, 2.75) is 51.9 Å². The van der Waals surface area contributed by atoms with Gasteiger partial charge in [0, 0.05) is 0 Å². The lowest BCUT2D eigenvalue weighted by atomic mass is 10.1. The smallest absolute Gasteiger partial charge is 0.00368 e. The van der Waals surface area contributed by atoms with Crippen LogP contribution in [0.1, 0.15) is 51.9 Å². The Bertz CT molecular complexity index is 137. The second kappa shape index (κ2) is 17.8. The van der Waals surface area contributed by atoms with Crippen molar-refractivity contribution < 1.29 is 0 Å². The Morgan fingerprint density at radius 2 is 1.05 bits per heavy atom. The van der Waals surface area contributed by atoms with Crippen LogP contribution in [0, 0.1) is 0 Å². The van der Waals surface area contributed by atoms with E-state index in [1.165, 1.54) is 45.1 Å². The predicted molar refractivity (Wildman–Crippen MR) is 85.7 cm³/mol. The Balaban J connectivity index is 2.88. The van der Waals surface area contributed by atoms with Crippen molar-refractivity contribution >= 4 is 0 Å². The highest BCUT2D eigenvalue weighted by molar-refractivity contribution is 4.53. The number of unbranched alkanes of at least 4 members (excludes halogenated alkanes) is 4. The van der Waals surface area contributed by atoms with E-state index < -0.39 is 0 Å². The van der Waals surface area contributed by atoms with Crippen molar-refractivity contribution in [2.75, 3.05) is 45.8 Å². The molecule has 4 nitrogen and oxygen atoms in total. The van der Waals surface area contributed by atoms with Crippen molar-refractivity contribution in [3.05, 3.63) is 0 Å². The fraction of sp³-hybridized carbons (Fsp3) is 1.00. The van der Waals surface area contributed by atoms with Crippen molar-refractivity contribution in [1.29, 1.82) is 0 Å². The van der Waals surface area contributed by atoms with Crippen LogP contribution in [0.3, 0.4) is 0 Å². The molecule has 0 aromatic carbocycles. The second-order valence-electron chi connectivity index (χ2n) is 5.12. The minimum atomic E-state index is 0.800.